The van der Waals surface area contributed by atoms with E-state index in [0.717, 1.165) is 12.0 Å². The van der Waals surface area contributed by atoms with Gasteiger partial charge in [0.15, 0.2) is 0 Å². The molecule has 88 valence electrons. The molecule has 0 bridgehead atoms. The fraction of sp³-hybridized carbons (Fsp3) is 0.714. The first-order valence-corrected chi connectivity index (χ1v) is 6.03. The zero-order valence-electron chi connectivity index (χ0n) is 10.5. The van der Waals surface area contributed by atoms with Crippen molar-refractivity contribution in [1.82, 2.24) is 0 Å². The molecule has 0 amide bonds. The highest BCUT2D eigenvalue weighted by molar-refractivity contribution is 5.39. The van der Waals surface area contributed by atoms with Gasteiger partial charge < -0.3 is 9.47 Å². The van der Waals surface area contributed by atoms with Gasteiger partial charge in [-0.3, -0.25) is 0 Å². The van der Waals surface area contributed by atoms with Crippen LogP contribution in [0.15, 0.2) is 24.3 Å². The Balaban J connectivity index is 1.97. The average molecular weight is 220 g/mol. The van der Waals surface area contributed by atoms with Crippen molar-refractivity contribution in [3.8, 4) is 0 Å². The summed E-state index contributed by atoms with van der Waals surface area (Å²) in [6, 6.07) is 0. The molecule has 0 unspecified atom stereocenters. The zero-order chi connectivity index (χ0) is 11.8. The van der Waals surface area contributed by atoms with Crippen molar-refractivity contribution in [2.24, 2.45) is 5.41 Å². The van der Waals surface area contributed by atoms with Crippen LogP contribution in [-0.4, -0.2) is 23.4 Å². The lowest BCUT2D eigenvalue weighted by Gasteiger charge is -2.34. The highest BCUT2D eigenvalue weighted by Gasteiger charge is 2.83. The number of fused-ring (bicyclic) bond motifs is 3. The average Bonchev–Trinajstić information content (AvgIpc) is 2.98. The molecule has 2 aliphatic heterocycles. The van der Waals surface area contributed by atoms with Gasteiger partial charge in [-0.15, -0.1) is 0 Å². The van der Waals surface area contributed by atoms with E-state index in [9.17, 15) is 0 Å². The quantitative estimate of drug-likeness (QED) is 0.528. The van der Waals surface area contributed by atoms with E-state index < -0.39 is 0 Å². The third kappa shape index (κ3) is 1.05. The smallest absolute Gasteiger partial charge is 0.128 e. The molecule has 2 heteroatoms. The van der Waals surface area contributed by atoms with E-state index in [4.69, 9.17) is 9.47 Å². The van der Waals surface area contributed by atoms with Gasteiger partial charge in [-0.25, -0.2) is 0 Å². The Hall–Kier alpha value is -0.600. The van der Waals surface area contributed by atoms with Crippen molar-refractivity contribution >= 4 is 0 Å². The summed E-state index contributed by atoms with van der Waals surface area (Å²) in [5.41, 5.74) is 0.967. The van der Waals surface area contributed by atoms with E-state index >= 15 is 0 Å². The molecule has 3 rings (SSSR count). The minimum atomic E-state index is -0.142. The molecule has 2 nitrogen and oxygen atoms in total. The van der Waals surface area contributed by atoms with Crippen molar-refractivity contribution in [3.05, 3.63) is 24.3 Å². The molecule has 0 aromatic carbocycles. The summed E-state index contributed by atoms with van der Waals surface area (Å²) >= 11 is 0. The Labute approximate surface area is 97.3 Å². The van der Waals surface area contributed by atoms with Crippen LogP contribution in [0.1, 0.15) is 34.1 Å². The largest absolute Gasteiger partial charge is 0.366 e. The van der Waals surface area contributed by atoms with E-state index in [1.165, 1.54) is 0 Å². The van der Waals surface area contributed by atoms with Crippen molar-refractivity contribution in [3.63, 3.8) is 0 Å². The number of epoxide rings is 2. The van der Waals surface area contributed by atoms with E-state index in [-0.39, 0.29) is 16.6 Å². The minimum Gasteiger partial charge on any atom is -0.366 e. The lowest BCUT2D eigenvalue weighted by Crippen LogP contribution is -2.45. The third-order valence-corrected chi connectivity index (χ3v) is 4.51. The molecule has 3 fully saturated rings. The van der Waals surface area contributed by atoms with Crippen LogP contribution >= 0.6 is 0 Å². The van der Waals surface area contributed by atoms with Gasteiger partial charge >= 0.3 is 0 Å². The summed E-state index contributed by atoms with van der Waals surface area (Å²) in [6.07, 6.45) is 6.11. The summed E-state index contributed by atoms with van der Waals surface area (Å²) in [6.45, 7) is 12.7. The second-order valence-corrected chi connectivity index (χ2v) is 6.31. The van der Waals surface area contributed by atoms with E-state index in [0.29, 0.717) is 12.2 Å². The Kier molecular flexibility index (Phi) is 1.73. The second-order valence-electron chi connectivity index (χ2n) is 6.31. The van der Waals surface area contributed by atoms with Gasteiger partial charge in [0.25, 0.3) is 0 Å². The number of ether oxygens (including phenoxy) is 2. The van der Waals surface area contributed by atoms with Crippen molar-refractivity contribution in [1.29, 1.82) is 0 Å². The third-order valence-electron chi connectivity index (χ3n) is 4.51. The summed E-state index contributed by atoms with van der Waals surface area (Å²) in [7, 11) is 0. The number of rotatable bonds is 2. The molecule has 0 N–H and O–H groups in total. The molecule has 0 aromatic rings. The minimum absolute atomic E-state index is 0.106. The fourth-order valence-corrected chi connectivity index (χ4v) is 3.51. The Morgan fingerprint density at radius 2 is 2.06 bits per heavy atom. The standard InChI is InChI=1S/C14H20O2/c1-9(2)6-7-14-12(3,4)8-10-11(15-10)13(14,5)16-14/h6-7,10-11H,1,8H2,2-5H3/b7-6+/t10-,11-,13-,14+/m1/s1. The van der Waals surface area contributed by atoms with Gasteiger partial charge in [-0.2, -0.15) is 0 Å². The molecule has 0 aromatic heterocycles. The number of allylic oxidation sites excluding steroid dienone is 2. The molecule has 2 saturated heterocycles. The first kappa shape index (κ1) is 10.5. The zero-order valence-corrected chi connectivity index (χ0v) is 10.5. The maximum absolute atomic E-state index is 6.12. The summed E-state index contributed by atoms with van der Waals surface area (Å²) < 4.78 is 11.8. The number of hydrogen-bond donors (Lipinski definition) is 0. The summed E-state index contributed by atoms with van der Waals surface area (Å²) in [5.74, 6) is 0. The maximum atomic E-state index is 6.12. The lowest BCUT2D eigenvalue weighted by molar-refractivity contribution is 0.149. The molecule has 2 heterocycles. The fourth-order valence-electron chi connectivity index (χ4n) is 3.51. The van der Waals surface area contributed by atoms with Gasteiger partial charge in [0.1, 0.15) is 17.3 Å². The van der Waals surface area contributed by atoms with Crippen LogP contribution < -0.4 is 0 Å². The van der Waals surface area contributed by atoms with Crippen molar-refractivity contribution in [2.45, 2.75) is 57.5 Å². The van der Waals surface area contributed by atoms with Gasteiger partial charge in [0.2, 0.25) is 0 Å². The van der Waals surface area contributed by atoms with Crippen LogP contribution in [0.5, 0.6) is 0 Å². The molecule has 1 aliphatic carbocycles. The van der Waals surface area contributed by atoms with Crippen molar-refractivity contribution < 1.29 is 9.47 Å². The van der Waals surface area contributed by atoms with Crippen LogP contribution in [0.25, 0.3) is 0 Å². The molecule has 3 aliphatic rings. The van der Waals surface area contributed by atoms with Crippen LogP contribution in [0, 0.1) is 5.41 Å². The molecule has 4 atom stereocenters. The summed E-state index contributed by atoms with van der Waals surface area (Å²) in [5, 5.41) is 0. The van der Waals surface area contributed by atoms with Gasteiger partial charge in [0.05, 0.1) is 6.10 Å². The molecule has 0 spiro atoms. The SMILES string of the molecule is C=C(C)/C=C/[C@@]12O[C@]1(C)[C@@H]1O[C@@H]1CC2(C)C. The predicted molar refractivity (Wildman–Crippen MR) is 63.2 cm³/mol. The highest BCUT2D eigenvalue weighted by atomic mass is 16.7. The van der Waals surface area contributed by atoms with Crippen LogP contribution in [0.2, 0.25) is 0 Å². The lowest BCUT2D eigenvalue weighted by atomic mass is 9.64. The van der Waals surface area contributed by atoms with E-state index in [1.807, 2.05) is 6.92 Å². The van der Waals surface area contributed by atoms with E-state index in [2.05, 4.69) is 39.5 Å². The Morgan fingerprint density at radius 1 is 1.38 bits per heavy atom. The summed E-state index contributed by atoms with van der Waals surface area (Å²) in [4.78, 5) is 0. The molecule has 1 saturated carbocycles. The molecule has 16 heavy (non-hydrogen) atoms. The first-order valence-electron chi connectivity index (χ1n) is 6.03. The van der Waals surface area contributed by atoms with E-state index in [1.54, 1.807) is 0 Å². The maximum Gasteiger partial charge on any atom is 0.128 e. The first-order chi connectivity index (χ1) is 7.32. The molecular weight excluding hydrogens is 200 g/mol. The topological polar surface area (TPSA) is 25.1 Å². The van der Waals surface area contributed by atoms with Crippen LogP contribution in [0.4, 0.5) is 0 Å². The Morgan fingerprint density at radius 3 is 2.69 bits per heavy atom. The normalized spacial score (nSPS) is 52.0. The Bertz CT molecular complexity index is 389. The highest BCUT2D eigenvalue weighted by Crippen LogP contribution is 2.70. The van der Waals surface area contributed by atoms with Crippen LogP contribution in [0.3, 0.4) is 0 Å². The predicted octanol–water partition coefficient (Wildman–Crippen LogP) is 2.84. The second kappa shape index (κ2) is 2.62. The van der Waals surface area contributed by atoms with Gasteiger partial charge in [0, 0.05) is 5.41 Å². The van der Waals surface area contributed by atoms with Gasteiger partial charge in [-0.05, 0) is 26.3 Å². The van der Waals surface area contributed by atoms with Crippen molar-refractivity contribution in [2.75, 3.05) is 0 Å². The van der Waals surface area contributed by atoms with Gasteiger partial charge in [-0.1, -0.05) is 32.1 Å². The molecular formula is C14H20O2. The monoisotopic (exact) mass is 220 g/mol. The molecule has 0 radical (unpaired) electrons. The number of hydrogen-bond acceptors (Lipinski definition) is 2. The van der Waals surface area contributed by atoms with Crippen LogP contribution in [-0.2, 0) is 9.47 Å².